The number of rotatable bonds is 3. The summed E-state index contributed by atoms with van der Waals surface area (Å²) in [6.45, 7) is 4.70. The van der Waals surface area contributed by atoms with E-state index >= 15 is 0 Å². The second kappa shape index (κ2) is 12.0. The Bertz CT molecular complexity index is 3690. The second-order valence-corrected chi connectivity index (χ2v) is 17.8. The van der Waals surface area contributed by atoms with E-state index in [4.69, 9.17) is 4.42 Å². The molecule has 59 heavy (non-hydrogen) atoms. The van der Waals surface area contributed by atoms with Crippen molar-refractivity contribution in [3.63, 3.8) is 0 Å². The van der Waals surface area contributed by atoms with E-state index in [0.29, 0.717) is 0 Å². The molecule has 2 heterocycles. The number of benzene rings is 10. The maximum atomic E-state index is 6.74. The maximum absolute atomic E-state index is 6.74. The summed E-state index contributed by atoms with van der Waals surface area (Å²) >= 11 is 1.85. The number of furan rings is 1. The number of hydrogen-bond acceptors (Lipinski definition) is 2. The molecular weight excluding hydrogens is 733 g/mol. The van der Waals surface area contributed by atoms with Crippen LogP contribution >= 0.6 is 11.3 Å². The SMILES string of the molecule is CC1(C)c2ccccc2-c2cc(-c3c4ccccc4c(-c4ccc(-c5cc6oc7ccc8sc9ccccc9c8c7c6c6ccccc56)cc4)c4ccccc34)ccc21. The molecule has 0 aliphatic heterocycles. The summed E-state index contributed by atoms with van der Waals surface area (Å²) in [4.78, 5) is 0. The Kier molecular flexibility index (Phi) is 6.73. The normalized spacial score (nSPS) is 13.4. The van der Waals surface area contributed by atoms with Gasteiger partial charge < -0.3 is 4.42 Å². The molecule has 0 fully saturated rings. The largest absolute Gasteiger partial charge is 0.456 e. The van der Waals surface area contributed by atoms with Crippen molar-refractivity contribution in [3.8, 4) is 44.5 Å². The van der Waals surface area contributed by atoms with Gasteiger partial charge in [0.05, 0.1) is 0 Å². The molecule has 1 nitrogen and oxygen atoms in total. The van der Waals surface area contributed by atoms with Crippen LogP contribution in [-0.4, -0.2) is 0 Å². The third-order valence-electron chi connectivity index (χ3n) is 13.3. The van der Waals surface area contributed by atoms with Gasteiger partial charge in [0.2, 0.25) is 0 Å². The number of thiophene rings is 1. The van der Waals surface area contributed by atoms with E-state index in [1.165, 1.54) is 119 Å². The monoisotopic (exact) mass is 768 g/mol. The standard InChI is InChI=1S/C57H36OS/c1-57(2)46-21-11-9-14-37(46)45-31-35(27-28-47(45)57)53-41-18-7-5-16-39(41)52(40-17-6-8-19-42(40)53)34-25-23-33(24-26-34)44-32-49-54(38-15-4-3-13-36(38)44)56-48(58-49)29-30-51-55(56)43-20-10-12-22-50(43)59-51/h3-32H,1-2H3. The molecule has 10 aromatic carbocycles. The summed E-state index contributed by atoms with van der Waals surface area (Å²) in [6.07, 6.45) is 0. The van der Waals surface area contributed by atoms with E-state index in [1.54, 1.807) is 0 Å². The van der Waals surface area contributed by atoms with Crippen LogP contribution in [0.25, 0.3) is 119 Å². The van der Waals surface area contributed by atoms with Crippen LogP contribution in [-0.2, 0) is 5.41 Å². The molecule has 0 atom stereocenters. The van der Waals surface area contributed by atoms with E-state index in [-0.39, 0.29) is 5.41 Å². The van der Waals surface area contributed by atoms with Crippen molar-refractivity contribution >= 4 is 85.8 Å². The fourth-order valence-electron chi connectivity index (χ4n) is 10.6. The average molecular weight is 769 g/mol. The number of hydrogen-bond donors (Lipinski definition) is 0. The van der Waals surface area contributed by atoms with E-state index < -0.39 is 0 Å². The van der Waals surface area contributed by atoms with Crippen molar-refractivity contribution in [2.75, 3.05) is 0 Å². The molecule has 12 aromatic rings. The van der Waals surface area contributed by atoms with Gasteiger partial charge in [-0.2, -0.15) is 0 Å². The summed E-state index contributed by atoms with van der Waals surface area (Å²) in [7, 11) is 0. The number of fused-ring (bicyclic) bond motifs is 14. The molecule has 0 radical (unpaired) electrons. The van der Waals surface area contributed by atoms with Crippen molar-refractivity contribution in [3.05, 3.63) is 193 Å². The molecule has 276 valence electrons. The van der Waals surface area contributed by atoms with Crippen LogP contribution in [0.15, 0.2) is 186 Å². The second-order valence-electron chi connectivity index (χ2n) is 16.7. The minimum absolute atomic E-state index is 0.0269. The lowest BCUT2D eigenvalue weighted by Gasteiger charge is -2.22. The van der Waals surface area contributed by atoms with E-state index in [2.05, 4.69) is 196 Å². The molecule has 2 aromatic heterocycles. The van der Waals surface area contributed by atoms with Gasteiger partial charge in [-0.3, -0.25) is 0 Å². The highest BCUT2D eigenvalue weighted by Gasteiger charge is 2.35. The highest BCUT2D eigenvalue weighted by atomic mass is 32.1. The molecule has 0 unspecified atom stereocenters. The summed E-state index contributed by atoms with van der Waals surface area (Å²) in [5, 5.41) is 12.5. The molecule has 0 saturated heterocycles. The quantitative estimate of drug-likeness (QED) is 0.163. The van der Waals surface area contributed by atoms with Crippen LogP contribution in [0.2, 0.25) is 0 Å². The van der Waals surface area contributed by atoms with Crippen molar-refractivity contribution < 1.29 is 4.42 Å². The third kappa shape index (κ3) is 4.55. The molecule has 13 rings (SSSR count). The van der Waals surface area contributed by atoms with Crippen molar-refractivity contribution in [1.82, 2.24) is 0 Å². The molecular formula is C57H36OS. The molecule has 0 amide bonds. The fraction of sp³-hybridized carbons (Fsp3) is 0.0526. The molecule has 1 aliphatic carbocycles. The fourth-order valence-corrected chi connectivity index (χ4v) is 11.7. The van der Waals surface area contributed by atoms with Gasteiger partial charge >= 0.3 is 0 Å². The van der Waals surface area contributed by atoms with Gasteiger partial charge in [0.1, 0.15) is 11.2 Å². The summed E-state index contributed by atoms with van der Waals surface area (Å²) < 4.78 is 9.34. The topological polar surface area (TPSA) is 13.1 Å². The first-order valence-corrected chi connectivity index (χ1v) is 21.3. The maximum Gasteiger partial charge on any atom is 0.136 e. The van der Waals surface area contributed by atoms with E-state index in [0.717, 1.165) is 11.2 Å². The Morgan fingerprint density at radius 3 is 1.64 bits per heavy atom. The zero-order chi connectivity index (χ0) is 39.0. The first kappa shape index (κ1) is 33.0. The molecule has 1 aliphatic rings. The van der Waals surface area contributed by atoms with Crippen LogP contribution < -0.4 is 0 Å². The minimum Gasteiger partial charge on any atom is -0.456 e. The zero-order valence-electron chi connectivity index (χ0n) is 32.6. The van der Waals surface area contributed by atoms with Gasteiger partial charge in [-0.25, -0.2) is 0 Å². The lowest BCUT2D eigenvalue weighted by Crippen LogP contribution is -2.14. The smallest absolute Gasteiger partial charge is 0.136 e. The third-order valence-corrected chi connectivity index (χ3v) is 14.4. The van der Waals surface area contributed by atoms with Gasteiger partial charge in [0, 0.05) is 36.4 Å². The van der Waals surface area contributed by atoms with Crippen molar-refractivity contribution in [1.29, 1.82) is 0 Å². The molecule has 0 saturated carbocycles. The lowest BCUT2D eigenvalue weighted by atomic mass is 9.81. The summed E-state index contributed by atoms with van der Waals surface area (Å²) in [5.41, 5.74) is 14.7. The molecule has 0 spiro atoms. The van der Waals surface area contributed by atoms with Crippen LogP contribution in [0.3, 0.4) is 0 Å². The van der Waals surface area contributed by atoms with Crippen molar-refractivity contribution in [2.45, 2.75) is 19.3 Å². The van der Waals surface area contributed by atoms with Gasteiger partial charge in [-0.1, -0.05) is 166 Å². The highest BCUT2D eigenvalue weighted by Crippen LogP contribution is 2.52. The van der Waals surface area contributed by atoms with E-state index in [1.807, 2.05) is 11.3 Å². The van der Waals surface area contributed by atoms with Crippen LogP contribution in [0, 0.1) is 0 Å². The summed E-state index contributed by atoms with van der Waals surface area (Å²) in [5.74, 6) is 0. The Morgan fingerprint density at radius 2 is 0.915 bits per heavy atom. The first-order chi connectivity index (χ1) is 29.0. The minimum atomic E-state index is -0.0269. The Hall–Kier alpha value is -7.00. The molecule has 0 bridgehead atoms. The van der Waals surface area contributed by atoms with Gasteiger partial charge in [-0.15, -0.1) is 11.3 Å². The zero-order valence-corrected chi connectivity index (χ0v) is 33.5. The first-order valence-electron chi connectivity index (χ1n) is 20.5. The predicted molar refractivity (Wildman–Crippen MR) is 253 cm³/mol. The van der Waals surface area contributed by atoms with Gasteiger partial charge in [0.25, 0.3) is 0 Å². The van der Waals surface area contributed by atoms with E-state index in [9.17, 15) is 0 Å². The van der Waals surface area contributed by atoms with Crippen LogP contribution in [0.1, 0.15) is 25.0 Å². The predicted octanol–water partition coefficient (Wildman–Crippen LogP) is 16.7. The van der Waals surface area contributed by atoms with Crippen LogP contribution in [0.4, 0.5) is 0 Å². The molecule has 0 N–H and O–H groups in total. The van der Waals surface area contributed by atoms with Gasteiger partial charge in [0.15, 0.2) is 0 Å². The average Bonchev–Trinajstić information content (AvgIpc) is 3.92. The highest BCUT2D eigenvalue weighted by molar-refractivity contribution is 7.26. The van der Waals surface area contributed by atoms with Crippen molar-refractivity contribution in [2.24, 2.45) is 0 Å². The Morgan fingerprint density at radius 1 is 0.356 bits per heavy atom. The lowest BCUT2D eigenvalue weighted by molar-refractivity contribution is 0.660. The van der Waals surface area contributed by atoms with Gasteiger partial charge in [-0.05, 0) is 118 Å². The molecule has 2 heteroatoms. The Labute approximate surface area is 345 Å². The summed E-state index contributed by atoms with van der Waals surface area (Å²) in [6, 6.07) is 67.5. The Balaban J connectivity index is 0.988. The van der Waals surface area contributed by atoms with Crippen LogP contribution in [0.5, 0.6) is 0 Å².